The van der Waals surface area contributed by atoms with Crippen LogP contribution in [-0.2, 0) is 16.6 Å². The maximum absolute atomic E-state index is 12.3. The van der Waals surface area contributed by atoms with Crippen molar-refractivity contribution in [3.63, 3.8) is 0 Å². The fourth-order valence-electron chi connectivity index (χ4n) is 4.65. The van der Waals surface area contributed by atoms with E-state index in [1.165, 1.54) is 0 Å². The summed E-state index contributed by atoms with van der Waals surface area (Å²) in [6.07, 6.45) is 7.62. The van der Waals surface area contributed by atoms with E-state index < -0.39 is 5.41 Å². The molecule has 1 unspecified atom stereocenters. The van der Waals surface area contributed by atoms with Crippen LogP contribution < -0.4 is 0 Å². The molecular weight excluding hydrogens is 350 g/mol. The fraction of sp³-hybridized carbons (Fsp3) is 0.273. The van der Waals surface area contributed by atoms with Crippen LogP contribution in [-0.4, -0.2) is 25.5 Å². The molecule has 0 fully saturated rings. The van der Waals surface area contributed by atoms with E-state index in [9.17, 15) is 10.1 Å². The summed E-state index contributed by atoms with van der Waals surface area (Å²) in [4.78, 5) is 17.3. The van der Waals surface area contributed by atoms with Gasteiger partial charge in [0, 0.05) is 29.4 Å². The van der Waals surface area contributed by atoms with Crippen molar-refractivity contribution in [3.05, 3.63) is 65.8 Å². The first kappa shape index (κ1) is 16.7. The Hall–Kier alpha value is -3.46. The fourth-order valence-corrected chi connectivity index (χ4v) is 4.65. The van der Waals surface area contributed by atoms with E-state index in [4.69, 9.17) is 4.98 Å². The van der Waals surface area contributed by atoms with Gasteiger partial charge in [0.25, 0.3) is 0 Å². The molecule has 0 aliphatic heterocycles. The van der Waals surface area contributed by atoms with Gasteiger partial charge in [-0.05, 0) is 30.9 Å². The topological polar surface area (TPSA) is 87.4 Å². The second-order valence-corrected chi connectivity index (χ2v) is 7.70. The van der Waals surface area contributed by atoms with Crippen molar-refractivity contribution in [2.45, 2.75) is 31.6 Å². The molecule has 2 aliphatic carbocycles. The molecule has 2 atom stereocenters. The molecule has 1 aromatic carbocycles. The standard InChI is InChI=1S/C22H19N5O/c1-22-10-14(11-23)19(28)9-16(22)7-8-18-20(22)26-21(15-12-24-25-13-15)27(18)17-5-3-2-4-6-17/h2-6,10,12-13,16H,7-9H2,1H3,(H,24,25)/t16?,22-/m0/s1. The zero-order valence-corrected chi connectivity index (χ0v) is 15.5. The van der Waals surface area contributed by atoms with Crippen molar-refractivity contribution >= 4 is 5.78 Å². The number of carbonyl (C=O) groups excluding carboxylic acids is 1. The molecule has 0 saturated heterocycles. The molecule has 0 radical (unpaired) electrons. The number of hydrogen-bond acceptors (Lipinski definition) is 4. The Morgan fingerprint density at radius 2 is 2.14 bits per heavy atom. The van der Waals surface area contributed by atoms with Gasteiger partial charge in [-0.2, -0.15) is 10.4 Å². The van der Waals surface area contributed by atoms with Gasteiger partial charge in [0.2, 0.25) is 0 Å². The van der Waals surface area contributed by atoms with Crippen molar-refractivity contribution in [3.8, 4) is 23.1 Å². The number of nitrogens with zero attached hydrogens (tertiary/aromatic N) is 4. The first-order chi connectivity index (χ1) is 13.6. The minimum Gasteiger partial charge on any atom is -0.296 e. The van der Waals surface area contributed by atoms with E-state index in [2.05, 4.69) is 39.9 Å². The average Bonchev–Trinajstić information content (AvgIpc) is 3.36. The number of allylic oxidation sites excluding steroid dienone is 2. The minimum atomic E-state index is -0.426. The van der Waals surface area contributed by atoms with Crippen LogP contribution in [0.4, 0.5) is 0 Å². The molecule has 28 heavy (non-hydrogen) atoms. The number of fused-ring (bicyclic) bond motifs is 3. The third-order valence-corrected chi connectivity index (χ3v) is 6.13. The number of carbonyl (C=O) groups is 1. The Bertz CT molecular complexity index is 1130. The molecule has 0 spiro atoms. The van der Waals surface area contributed by atoms with Gasteiger partial charge in [-0.3, -0.25) is 14.5 Å². The lowest BCUT2D eigenvalue weighted by Crippen LogP contribution is -2.40. The van der Waals surface area contributed by atoms with E-state index in [1.807, 2.05) is 30.5 Å². The molecule has 2 heterocycles. The summed E-state index contributed by atoms with van der Waals surface area (Å²) >= 11 is 0. The Balaban J connectivity index is 1.79. The molecule has 0 saturated carbocycles. The molecule has 3 aromatic rings. The number of Topliss-reactive ketones (excluding diaryl/α,β-unsaturated/α-hetero) is 1. The summed E-state index contributed by atoms with van der Waals surface area (Å²) in [7, 11) is 0. The summed E-state index contributed by atoms with van der Waals surface area (Å²) in [6, 6.07) is 12.3. The lowest BCUT2D eigenvalue weighted by molar-refractivity contribution is -0.117. The van der Waals surface area contributed by atoms with Gasteiger partial charge in [-0.25, -0.2) is 4.98 Å². The number of nitrogens with one attached hydrogen (secondary N) is 1. The van der Waals surface area contributed by atoms with Crippen molar-refractivity contribution in [1.82, 2.24) is 19.7 Å². The highest BCUT2D eigenvalue weighted by Gasteiger charge is 2.47. The summed E-state index contributed by atoms with van der Waals surface area (Å²) in [5.41, 5.74) is 3.89. The third-order valence-electron chi connectivity index (χ3n) is 6.13. The normalized spacial score (nSPS) is 23.5. The first-order valence-corrected chi connectivity index (χ1v) is 9.44. The van der Waals surface area contributed by atoms with Crippen molar-refractivity contribution in [2.75, 3.05) is 0 Å². The number of para-hydroxylation sites is 1. The molecule has 6 nitrogen and oxygen atoms in total. The van der Waals surface area contributed by atoms with Crippen molar-refractivity contribution in [2.24, 2.45) is 5.92 Å². The maximum atomic E-state index is 12.3. The lowest BCUT2D eigenvalue weighted by atomic mass is 9.62. The summed E-state index contributed by atoms with van der Waals surface area (Å²) in [5, 5.41) is 16.4. The second-order valence-electron chi connectivity index (χ2n) is 7.70. The SMILES string of the molecule is C[C@]12C=C(C#N)C(=O)CC1CCc1c2nc(-c2cn[nH]c2)n1-c1ccccc1. The predicted octanol–water partition coefficient (Wildman–Crippen LogP) is 3.51. The van der Waals surface area contributed by atoms with Crippen LogP contribution in [0.3, 0.4) is 0 Å². The van der Waals surface area contributed by atoms with Gasteiger partial charge >= 0.3 is 0 Å². The molecule has 5 rings (SSSR count). The van der Waals surface area contributed by atoms with Crippen LogP contribution in [0.1, 0.15) is 31.2 Å². The predicted molar refractivity (Wildman–Crippen MR) is 104 cm³/mol. The van der Waals surface area contributed by atoms with Crippen LogP contribution >= 0.6 is 0 Å². The Morgan fingerprint density at radius 3 is 2.86 bits per heavy atom. The zero-order valence-electron chi connectivity index (χ0n) is 15.5. The monoisotopic (exact) mass is 369 g/mol. The quantitative estimate of drug-likeness (QED) is 0.749. The highest BCUT2D eigenvalue weighted by atomic mass is 16.1. The average molecular weight is 369 g/mol. The molecule has 0 amide bonds. The van der Waals surface area contributed by atoms with Crippen molar-refractivity contribution in [1.29, 1.82) is 5.26 Å². The number of benzene rings is 1. The van der Waals surface area contributed by atoms with E-state index in [0.717, 1.165) is 41.3 Å². The van der Waals surface area contributed by atoms with Crippen LogP contribution in [0, 0.1) is 17.2 Å². The molecule has 6 heteroatoms. The van der Waals surface area contributed by atoms with Crippen molar-refractivity contribution < 1.29 is 4.79 Å². The third kappa shape index (κ3) is 2.29. The highest BCUT2D eigenvalue weighted by molar-refractivity contribution is 6.00. The Kier molecular flexibility index (Phi) is 3.59. The number of nitriles is 1. The number of aromatic amines is 1. The molecule has 138 valence electrons. The van der Waals surface area contributed by atoms with Gasteiger partial charge in [-0.1, -0.05) is 31.2 Å². The number of H-pyrrole nitrogens is 1. The van der Waals surface area contributed by atoms with E-state index >= 15 is 0 Å². The number of hydrogen-bond donors (Lipinski definition) is 1. The molecule has 1 N–H and O–H groups in total. The summed E-state index contributed by atoms with van der Waals surface area (Å²) in [5.74, 6) is 0.947. The van der Waals surface area contributed by atoms with Gasteiger partial charge in [0.1, 0.15) is 11.9 Å². The minimum absolute atomic E-state index is 0.0500. The van der Waals surface area contributed by atoms with Crippen LogP contribution in [0.25, 0.3) is 17.1 Å². The smallest absolute Gasteiger partial charge is 0.173 e. The largest absolute Gasteiger partial charge is 0.296 e. The lowest BCUT2D eigenvalue weighted by Gasteiger charge is -2.41. The second kappa shape index (κ2) is 6.03. The molecular formula is C22H19N5O. The Morgan fingerprint density at radius 1 is 1.32 bits per heavy atom. The van der Waals surface area contributed by atoms with Gasteiger partial charge in [-0.15, -0.1) is 0 Å². The highest BCUT2D eigenvalue weighted by Crippen LogP contribution is 2.48. The van der Waals surface area contributed by atoms with E-state index in [0.29, 0.717) is 6.42 Å². The number of ketones is 1. The molecule has 0 bridgehead atoms. The molecule has 2 aromatic heterocycles. The number of rotatable bonds is 2. The summed E-state index contributed by atoms with van der Waals surface area (Å²) in [6.45, 7) is 2.11. The van der Waals surface area contributed by atoms with Gasteiger partial charge in [0.05, 0.1) is 23.0 Å². The molecule has 2 aliphatic rings. The Labute approximate surface area is 162 Å². The van der Waals surface area contributed by atoms with Crippen LogP contribution in [0.2, 0.25) is 0 Å². The zero-order chi connectivity index (χ0) is 19.3. The summed E-state index contributed by atoms with van der Waals surface area (Å²) < 4.78 is 2.19. The number of aromatic nitrogens is 4. The first-order valence-electron chi connectivity index (χ1n) is 9.44. The van der Waals surface area contributed by atoms with E-state index in [1.54, 1.807) is 6.20 Å². The maximum Gasteiger partial charge on any atom is 0.173 e. The van der Waals surface area contributed by atoms with Crippen LogP contribution in [0.15, 0.2) is 54.4 Å². The van der Waals surface area contributed by atoms with Crippen LogP contribution in [0.5, 0.6) is 0 Å². The van der Waals surface area contributed by atoms with E-state index in [-0.39, 0.29) is 17.3 Å². The van der Waals surface area contributed by atoms with Gasteiger partial charge in [0.15, 0.2) is 5.78 Å². The number of imidazole rings is 1. The van der Waals surface area contributed by atoms with Gasteiger partial charge < -0.3 is 0 Å².